The van der Waals surface area contributed by atoms with Crippen molar-refractivity contribution >= 4 is 0 Å². The van der Waals surface area contributed by atoms with Gasteiger partial charge in [-0.25, -0.2) is 0 Å². The molecule has 0 atom stereocenters. The summed E-state index contributed by atoms with van der Waals surface area (Å²) in [5.41, 5.74) is 6.12. The lowest BCUT2D eigenvalue weighted by Gasteiger charge is -2.29. The van der Waals surface area contributed by atoms with Gasteiger partial charge in [0.05, 0.1) is 31.0 Å². The van der Waals surface area contributed by atoms with Crippen LogP contribution in [0.15, 0.2) is 12.2 Å². The molecule has 0 heterocycles. The lowest BCUT2D eigenvalue weighted by molar-refractivity contribution is -0.0784. The van der Waals surface area contributed by atoms with Crippen LogP contribution in [0.4, 0.5) is 0 Å². The van der Waals surface area contributed by atoms with Crippen molar-refractivity contribution in [3.63, 3.8) is 0 Å². The fourth-order valence-corrected chi connectivity index (χ4v) is 1.62. The molecular weight excluding hydrogens is 254 g/mol. The van der Waals surface area contributed by atoms with Crippen molar-refractivity contribution in [2.45, 2.75) is 58.7 Å². The number of hydrogen-bond acceptors (Lipinski definition) is 4. The zero-order valence-corrected chi connectivity index (χ0v) is 14.0. The molecule has 0 aromatic carbocycles. The molecule has 0 aliphatic rings. The number of rotatable bonds is 12. The zero-order chi connectivity index (χ0) is 15.6. The molecule has 20 heavy (non-hydrogen) atoms. The van der Waals surface area contributed by atoms with Crippen LogP contribution >= 0.6 is 0 Å². The molecule has 0 aliphatic carbocycles. The topological polar surface area (TPSA) is 53.7 Å². The molecular formula is C16H33NO3. The summed E-state index contributed by atoms with van der Waals surface area (Å²) in [6, 6.07) is 0. The van der Waals surface area contributed by atoms with Gasteiger partial charge in [0.25, 0.3) is 0 Å². The summed E-state index contributed by atoms with van der Waals surface area (Å²) in [4.78, 5) is 0. The highest BCUT2D eigenvalue weighted by Gasteiger charge is 2.22. The van der Waals surface area contributed by atoms with E-state index >= 15 is 0 Å². The van der Waals surface area contributed by atoms with Crippen molar-refractivity contribution in [1.29, 1.82) is 0 Å². The van der Waals surface area contributed by atoms with Crippen LogP contribution in [0.5, 0.6) is 0 Å². The highest BCUT2D eigenvalue weighted by Crippen LogP contribution is 2.19. The summed E-state index contributed by atoms with van der Waals surface area (Å²) in [7, 11) is 0. The Morgan fingerprint density at radius 3 is 1.95 bits per heavy atom. The van der Waals surface area contributed by atoms with Gasteiger partial charge in [-0.05, 0) is 47.5 Å². The second-order valence-corrected chi connectivity index (χ2v) is 6.51. The first kappa shape index (κ1) is 19.6. The normalized spacial score (nSPS) is 12.7. The molecule has 0 saturated heterocycles. The van der Waals surface area contributed by atoms with E-state index in [0.717, 1.165) is 18.4 Å². The van der Waals surface area contributed by atoms with E-state index in [1.807, 2.05) is 6.92 Å². The minimum atomic E-state index is -0.189. The van der Waals surface area contributed by atoms with E-state index in [4.69, 9.17) is 19.9 Å². The van der Waals surface area contributed by atoms with Crippen LogP contribution in [0.1, 0.15) is 47.5 Å². The van der Waals surface area contributed by atoms with Gasteiger partial charge in [0.1, 0.15) is 0 Å². The van der Waals surface area contributed by atoms with Crippen LogP contribution in [0.2, 0.25) is 0 Å². The molecule has 120 valence electrons. The van der Waals surface area contributed by atoms with Gasteiger partial charge < -0.3 is 19.9 Å². The van der Waals surface area contributed by atoms with E-state index in [2.05, 4.69) is 34.3 Å². The predicted molar refractivity (Wildman–Crippen MR) is 84.0 cm³/mol. The lowest BCUT2D eigenvalue weighted by atomic mass is 10.0. The summed E-state index contributed by atoms with van der Waals surface area (Å²) in [6.07, 6.45) is 1.72. The molecule has 4 heteroatoms. The highest BCUT2D eigenvalue weighted by molar-refractivity contribution is 4.87. The van der Waals surface area contributed by atoms with Gasteiger partial charge in [-0.1, -0.05) is 12.2 Å². The van der Waals surface area contributed by atoms with E-state index in [-0.39, 0.29) is 11.2 Å². The Labute approximate surface area is 124 Å². The Balaban J connectivity index is 3.82. The standard InChI is InChI=1S/C16H33NO3/c1-14(2)13-18-10-7-15(3,4)19-11-8-16(5,6)20-12-9-17/h1,7-13,17H2,2-6H3. The molecule has 0 spiro atoms. The van der Waals surface area contributed by atoms with Crippen molar-refractivity contribution in [3.05, 3.63) is 12.2 Å². The number of hydrogen-bond donors (Lipinski definition) is 1. The smallest absolute Gasteiger partial charge is 0.0671 e. The Hall–Kier alpha value is -0.420. The van der Waals surface area contributed by atoms with E-state index in [1.54, 1.807) is 0 Å². The molecule has 2 N–H and O–H groups in total. The fraction of sp³-hybridized carbons (Fsp3) is 0.875. The van der Waals surface area contributed by atoms with Gasteiger partial charge in [0, 0.05) is 13.2 Å². The Bertz CT molecular complexity index is 275. The van der Waals surface area contributed by atoms with Gasteiger partial charge in [0.2, 0.25) is 0 Å². The molecule has 0 aromatic rings. The summed E-state index contributed by atoms with van der Waals surface area (Å²) in [5.74, 6) is 0. The average Bonchev–Trinajstić information content (AvgIpc) is 2.31. The summed E-state index contributed by atoms with van der Waals surface area (Å²) in [6.45, 7) is 17.2. The first-order valence-electron chi connectivity index (χ1n) is 7.39. The van der Waals surface area contributed by atoms with Gasteiger partial charge in [0.15, 0.2) is 0 Å². The maximum absolute atomic E-state index is 5.94. The Morgan fingerprint density at radius 1 is 0.950 bits per heavy atom. The minimum Gasteiger partial charge on any atom is -0.377 e. The highest BCUT2D eigenvalue weighted by atomic mass is 16.5. The van der Waals surface area contributed by atoms with E-state index in [9.17, 15) is 0 Å². The fourth-order valence-electron chi connectivity index (χ4n) is 1.62. The van der Waals surface area contributed by atoms with Gasteiger partial charge >= 0.3 is 0 Å². The second kappa shape index (κ2) is 9.50. The molecule has 0 saturated carbocycles. The van der Waals surface area contributed by atoms with Crippen LogP contribution in [-0.4, -0.2) is 44.2 Å². The van der Waals surface area contributed by atoms with Crippen molar-refractivity contribution in [2.75, 3.05) is 33.0 Å². The zero-order valence-electron chi connectivity index (χ0n) is 14.0. The van der Waals surface area contributed by atoms with Crippen LogP contribution in [0.3, 0.4) is 0 Å². The maximum atomic E-state index is 5.94. The number of ether oxygens (including phenoxy) is 3. The largest absolute Gasteiger partial charge is 0.377 e. The average molecular weight is 287 g/mol. The van der Waals surface area contributed by atoms with Gasteiger partial charge in [-0.3, -0.25) is 0 Å². The van der Waals surface area contributed by atoms with E-state index < -0.39 is 0 Å². The molecule has 0 unspecified atom stereocenters. The number of nitrogens with two attached hydrogens (primary N) is 1. The van der Waals surface area contributed by atoms with Crippen LogP contribution in [0, 0.1) is 0 Å². The third-order valence-electron chi connectivity index (χ3n) is 3.00. The summed E-state index contributed by atoms with van der Waals surface area (Å²) < 4.78 is 17.1. The predicted octanol–water partition coefficient (Wildman–Crippen LogP) is 2.91. The second-order valence-electron chi connectivity index (χ2n) is 6.51. The molecule has 0 aromatic heterocycles. The summed E-state index contributed by atoms with van der Waals surface area (Å²) >= 11 is 0. The Morgan fingerprint density at radius 2 is 1.45 bits per heavy atom. The van der Waals surface area contributed by atoms with Crippen molar-refractivity contribution in [3.8, 4) is 0 Å². The molecule has 0 amide bonds. The maximum Gasteiger partial charge on any atom is 0.0671 e. The molecule has 4 nitrogen and oxygen atoms in total. The van der Waals surface area contributed by atoms with E-state index in [1.165, 1.54) is 0 Å². The first-order chi connectivity index (χ1) is 9.18. The monoisotopic (exact) mass is 287 g/mol. The molecule has 0 radical (unpaired) electrons. The van der Waals surface area contributed by atoms with Gasteiger partial charge in [-0.15, -0.1) is 0 Å². The SMILES string of the molecule is C=C(C)COCCC(C)(C)OCCC(C)(C)OCCN. The van der Waals surface area contributed by atoms with Crippen molar-refractivity contribution in [1.82, 2.24) is 0 Å². The quantitative estimate of drug-likeness (QED) is 0.443. The minimum absolute atomic E-state index is 0.182. The van der Waals surface area contributed by atoms with Gasteiger partial charge in [-0.2, -0.15) is 0 Å². The van der Waals surface area contributed by atoms with Crippen molar-refractivity contribution < 1.29 is 14.2 Å². The first-order valence-corrected chi connectivity index (χ1v) is 7.39. The summed E-state index contributed by atoms with van der Waals surface area (Å²) in [5, 5.41) is 0. The molecule has 0 aliphatic heterocycles. The molecule has 0 fully saturated rings. The Kier molecular flexibility index (Phi) is 9.30. The lowest BCUT2D eigenvalue weighted by Crippen LogP contribution is -2.32. The van der Waals surface area contributed by atoms with Crippen LogP contribution < -0.4 is 5.73 Å². The molecule has 0 bridgehead atoms. The van der Waals surface area contributed by atoms with Crippen molar-refractivity contribution in [2.24, 2.45) is 5.73 Å². The third-order valence-corrected chi connectivity index (χ3v) is 3.00. The third kappa shape index (κ3) is 11.4. The van der Waals surface area contributed by atoms with E-state index in [0.29, 0.717) is 33.0 Å². The molecule has 0 rings (SSSR count). The van der Waals surface area contributed by atoms with Crippen LogP contribution in [-0.2, 0) is 14.2 Å². The van der Waals surface area contributed by atoms with Crippen LogP contribution in [0.25, 0.3) is 0 Å².